The zero-order valence-electron chi connectivity index (χ0n) is 7.32. The van der Waals surface area contributed by atoms with Crippen molar-refractivity contribution in [3.05, 3.63) is 34.0 Å². The molecule has 0 radical (unpaired) electrons. The Morgan fingerprint density at radius 3 is 3.07 bits per heavy atom. The fourth-order valence-corrected chi connectivity index (χ4v) is 1.43. The molecular formula is C7H5N5O2S. The topological polar surface area (TPSA) is 97.6 Å². The zero-order valence-corrected chi connectivity index (χ0v) is 8.14. The molecule has 7 nitrogen and oxygen atoms in total. The van der Waals surface area contributed by atoms with Gasteiger partial charge in [0.2, 0.25) is 0 Å². The molecular weight excluding hydrogens is 218 g/mol. The van der Waals surface area contributed by atoms with Gasteiger partial charge in [0.05, 0.1) is 16.5 Å². The number of imidazole rings is 1. The molecule has 0 aromatic carbocycles. The van der Waals surface area contributed by atoms with E-state index in [-0.39, 0.29) is 10.7 Å². The van der Waals surface area contributed by atoms with Crippen LogP contribution in [0.4, 0.5) is 5.00 Å². The van der Waals surface area contributed by atoms with Crippen LogP contribution in [-0.4, -0.2) is 24.5 Å². The second kappa shape index (κ2) is 3.96. The highest BCUT2D eigenvalue weighted by Gasteiger charge is 2.16. The molecule has 2 heterocycles. The van der Waals surface area contributed by atoms with Gasteiger partial charge in [-0.25, -0.2) is 4.98 Å². The number of aromatic nitrogens is 4. The third-order valence-corrected chi connectivity index (χ3v) is 2.27. The van der Waals surface area contributed by atoms with Crippen molar-refractivity contribution in [2.45, 2.75) is 0 Å². The van der Waals surface area contributed by atoms with Gasteiger partial charge in [0, 0.05) is 12.4 Å². The Kier molecular flexibility index (Phi) is 2.50. The van der Waals surface area contributed by atoms with Crippen molar-refractivity contribution in [3.8, 4) is 0 Å². The first-order chi connectivity index (χ1) is 7.27. The fraction of sp³-hybridized carbons (Fsp3) is 0. The van der Waals surface area contributed by atoms with Gasteiger partial charge in [0.15, 0.2) is 5.69 Å². The number of rotatable bonds is 3. The second-order valence-corrected chi connectivity index (χ2v) is 3.26. The molecule has 0 saturated carbocycles. The van der Waals surface area contributed by atoms with E-state index in [1.807, 2.05) is 0 Å². The largest absolute Gasteiger partial charge is 0.370 e. The fourth-order valence-electron chi connectivity index (χ4n) is 0.951. The third kappa shape index (κ3) is 2.05. The van der Waals surface area contributed by atoms with E-state index >= 15 is 0 Å². The summed E-state index contributed by atoms with van der Waals surface area (Å²) in [6, 6.07) is 0. The maximum absolute atomic E-state index is 10.5. The lowest BCUT2D eigenvalue weighted by atomic mass is 10.4. The Hall–Kier alpha value is -2.09. The highest BCUT2D eigenvalue weighted by Crippen LogP contribution is 2.21. The van der Waals surface area contributed by atoms with Crippen LogP contribution in [0.15, 0.2) is 12.4 Å². The number of nitro groups is 1. The summed E-state index contributed by atoms with van der Waals surface area (Å²) in [5.41, 5.74) is 0.237. The lowest BCUT2D eigenvalue weighted by Gasteiger charge is -1.85. The average Bonchev–Trinajstić information content (AvgIpc) is 2.86. The van der Waals surface area contributed by atoms with Gasteiger partial charge in [-0.3, -0.25) is 10.1 Å². The summed E-state index contributed by atoms with van der Waals surface area (Å²) in [6.45, 7) is 0. The van der Waals surface area contributed by atoms with Crippen LogP contribution in [0.5, 0.6) is 0 Å². The summed E-state index contributed by atoms with van der Waals surface area (Å²) >= 11 is 0.753. The minimum Gasteiger partial charge on any atom is -0.345 e. The molecule has 0 atom stereocenters. The number of aromatic amines is 1. The molecule has 0 amide bonds. The summed E-state index contributed by atoms with van der Waals surface area (Å²) in [4.78, 5) is 16.8. The van der Waals surface area contributed by atoms with Crippen LogP contribution in [-0.2, 0) is 0 Å². The van der Waals surface area contributed by atoms with Crippen LogP contribution in [0.1, 0.15) is 11.5 Å². The minimum absolute atomic E-state index is 0.0715. The first-order valence-corrected chi connectivity index (χ1v) is 4.69. The van der Waals surface area contributed by atoms with Crippen molar-refractivity contribution in [2.24, 2.45) is 0 Å². The van der Waals surface area contributed by atoms with E-state index < -0.39 is 4.92 Å². The van der Waals surface area contributed by atoms with Crippen molar-refractivity contribution < 1.29 is 4.92 Å². The molecule has 0 aliphatic heterocycles. The van der Waals surface area contributed by atoms with Crippen LogP contribution in [0.2, 0.25) is 0 Å². The van der Waals surface area contributed by atoms with Crippen LogP contribution in [0.3, 0.4) is 0 Å². The maximum atomic E-state index is 10.5. The monoisotopic (exact) mass is 223 g/mol. The molecule has 8 heteroatoms. The molecule has 15 heavy (non-hydrogen) atoms. The van der Waals surface area contributed by atoms with Crippen LogP contribution in [0, 0.1) is 10.1 Å². The average molecular weight is 223 g/mol. The van der Waals surface area contributed by atoms with Gasteiger partial charge in [-0.05, 0) is 12.2 Å². The molecule has 0 saturated heterocycles. The van der Waals surface area contributed by atoms with E-state index in [2.05, 4.69) is 19.6 Å². The highest BCUT2D eigenvalue weighted by molar-refractivity contribution is 7.09. The van der Waals surface area contributed by atoms with Gasteiger partial charge >= 0.3 is 5.00 Å². The Labute approximate surface area is 87.8 Å². The summed E-state index contributed by atoms with van der Waals surface area (Å²) in [7, 11) is 0. The second-order valence-electron chi connectivity index (χ2n) is 2.53. The normalized spacial score (nSPS) is 10.9. The predicted molar refractivity (Wildman–Crippen MR) is 54.1 cm³/mol. The molecule has 76 valence electrons. The number of H-pyrrole nitrogens is 1. The van der Waals surface area contributed by atoms with E-state index in [0.717, 1.165) is 11.5 Å². The van der Waals surface area contributed by atoms with E-state index in [1.54, 1.807) is 18.5 Å². The molecule has 0 aliphatic carbocycles. The highest BCUT2D eigenvalue weighted by atomic mass is 32.1. The van der Waals surface area contributed by atoms with Gasteiger partial charge in [-0.15, -0.1) is 5.10 Å². The predicted octanol–water partition coefficient (Wildman–Crippen LogP) is 1.34. The first kappa shape index (κ1) is 9.46. The quantitative estimate of drug-likeness (QED) is 0.625. The summed E-state index contributed by atoms with van der Waals surface area (Å²) in [5.74, 6) is 0.609. The molecule has 2 aromatic heterocycles. The van der Waals surface area contributed by atoms with Gasteiger partial charge in [0.1, 0.15) is 5.82 Å². The number of hydrogen-bond donors (Lipinski definition) is 1. The molecule has 2 aromatic rings. The maximum Gasteiger partial charge on any atom is 0.370 e. The lowest BCUT2D eigenvalue weighted by Crippen LogP contribution is -1.86. The van der Waals surface area contributed by atoms with E-state index in [9.17, 15) is 10.1 Å². The molecule has 2 rings (SSSR count). The summed E-state index contributed by atoms with van der Waals surface area (Å²) < 4.78 is 3.51. The summed E-state index contributed by atoms with van der Waals surface area (Å²) in [5, 5.41) is 14.1. The number of nitrogens with zero attached hydrogens (tertiary/aromatic N) is 4. The SMILES string of the molecule is O=[N+]([O-])c1snnc1C=Cc1ncc[nH]1. The molecule has 0 unspecified atom stereocenters. The Bertz CT molecular complexity index is 489. The third-order valence-electron chi connectivity index (χ3n) is 1.58. The molecule has 0 bridgehead atoms. The lowest BCUT2D eigenvalue weighted by molar-refractivity contribution is -0.380. The summed E-state index contributed by atoms with van der Waals surface area (Å²) in [6.07, 6.45) is 6.35. The first-order valence-electron chi connectivity index (χ1n) is 3.91. The van der Waals surface area contributed by atoms with Gasteiger partial charge in [0.25, 0.3) is 0 Å². The van der Waals surface area contributed by atoms with Gasteiger partial charge in [-0.1, -0.05) is 4.49 Å². The Balaban J connectivity index is 2.24. The number of nitrogens with one attached hydrogen (secondary N) is 1. The van der Waals surface area contributed by atoms with Crippen molar-refractivity contribution in [3.63, 3.8) is 0 Å². The standard InChI is InChI=1S/C7H5N5O2S/c13-12(14)7-5(10-11-15-7)1-2-6-8-3-4-9-6/h1-4H,(H,8,9). The van der Waals surface area contributed by atoms with Crippen molar-refractivity contribution in [1.29, 1.82) is 0 Å². The van der Waals surface area contributed by atoms with Crippen LogP contribution >= 0.6 is 11.5 Å². The smallest absolute Gasteiger partial charge is 0.345 e. The molecule has 0 fully saturated rings. The Morgan fingerprint density at radius 1 is 1.53 bits per heavy atom. The van der Waals surface area contributed by atoms with Crippen molar-refractivity contribution >= 4 is 28.7 Å². The minimum atomic E-state index is -0.507. The molecule has 0 aliphatic rings. The van der Waals surface area contributed by atoms with Crippen LogP contribution < -0.4 is 0 Å². The van der Waals surface area contributed by atoms with Gasteiger partial charge < -0.3 is 4.98 Å². The Morgan fingerprint density at radius 2 is 2.40 bits per heavy atom. The number of hydrogen-bond acceptors (Lipinski definition) is 6. The molecule has 0 spiro atoms. The van der Waals surface area contributed by atoms with Crippen LogP contribution in [0.25, 0.3) is 12.2 Å². The zero-order chi connectivity index (χ0) is 10.7. The van der Waals surface area contributed by atoms with Crippen molar-refractivity contribution in [1.82, 2.24) is 19.6 Å². The van der Waals surface area contributed by atoms with Crippen molar-refractivity contribution in [2.75, 3.05) is 0 Å². The van der Waals surface area contributed by atoms with E-state index in [4.69, 9.17) is 0 Å². The van der Waals surface area contributed by atoms with Gasteiger partial charge in [-0.2, -0.15) is 0 Å². The van der Waals surface area contributed by atoms with E-state index in [1.165, 1.54) is 6.08 Å². The van der Waals surface area contributed by atoms with E-state index in [0.29, 0.717) is 5.82 Å². The molecule has 1 N–H and O–H groups in total.